The Morgan fingerprint density at radius 1 is 1.53 bits per heavy atom. The molecule has 0 aliphatic heterocycles. The van der Waals surface area contributed by atoms with Gasteiger partial charge in [-0.05, 0) is 25.5 Å². The van der Waals surface area contributed by atoms with Gasteiger partial charge in [0.05, 0.1) is 16.4 Å². The van der Waals surface area contributed by atoms with Crippen LogP contribution in [0.25, 0.3) is 0 Å². The van der Waals surface area contributed by atoms with E-state index in [1.807, 2.05) is 0 Å². The third-order valence-corrected chi connectivity index (χ3v) is 2.81. The minimum atomic E-state index is -0.745. The summed E-state index contributed by atoms with van der Waals surface area (Å²) in [6.07, 6.45) is 0. The number of halogens is 1. The second-order valence-corrected chi connectivity index (χ2v) is 4.51. The zero-order valence-corrected chi connectivity index (χ0v) is 9.91. The van der Waals surface area contributed by atoms with Gasteiger partial charge in [-0.15, -0.1) is 0 Å². The highest BCUT2D eigenvalue weighted by atomic mass is 79.9. The number of nitro benzene ring substituents is 1. The topological polar surface area (TPSA) is 66.9 Å². The summed E-state index contributed by atoms with van der Waals surface area (Å²) in [4.78, 5) is 10.1. The van der Waals surface area contributed by atoms with Crippen LogP contribution in [-0.4, -0.2) is 4.92 Å². The van der Waals surface area contributed by atoms with Crippen molar-refractivity contribution in [2.75, 3.05) is 0 Å². The highest BCUT2D eigenvalue weighted by Crippen LogP contribution is 2.32. The summed E-state index contributed by atoms with van der Waals surface area (Å²) < 4.78 is 0.708. The van der Waals surface area contributed by atoms with Crippen LogP contribution < -0.4 is 0 Å². The minimum absolute atomic E-state index is 0.00322. The Morgan fingerprint density at radius 3 is 2.60 bits per heavy atom. The van der Waals surface area contributed by atoms with Gasteiger partial charge < -0.3 is 0 Å². The highest BCUT2D eigenvalue weighted by Gasteiger charge is 2.24. The fourth-order valence-electron chi connectivity index (χ4n) is 1.17. The van der Waals surface area contributed by atoms with Crippen molar-refractivity contribution in [1.29, 1.82) is 5.26 Å². The standard InChI is InChI=1S/C10H9BrN2O2/c1-10(2,6-12)8-5-7(13(14)15)3-4-9(8)11/h3-5H,1-2H3. The maximum Gasteiger partial charge on any atom is 0.269 e. The molecule has 1 rings (SSSR count). The molecule has 0 aromatic heterocycles. The van der Waals surface area contributed by atoms with E-state index in [-0.39, 0.29) is 5.69 Å². The molecule has 0 bridgehead atoms. The molecule has 4 nitrogen and oxygen atoms in total. The summed E-state index contributed by atoms with van der Waals surface area (Å²) in [7, 11) is 0. The molecule has 0 aliphatic rings. The Balaban J connectivity index is 3.36. The quantitative estimate of drug-likeness (QED) is 0.611. The van der Waals surface area contributed by atoms with Crippen LogP contribution >= 0.6 is 15.9 Å². The molecule has 0 spiro atoms. The molecular formula is C10H9BrN2O2. The maximum absolute atomic E-state index is 10.6. The van der Waals surface area contributed by atoms with Gasteiger partial charge in [-0.25, -0.2) is 0 Å². The van der Waals surface area contributed by atoms with E-state index in [1.165, 1.54) is 12.1 Å². The molecule has 0 atom stereocenters. The summed E-state index contributed by atoms with van der Waals surface area (Å²) in [5, 5.41) is 19.5. The van der Waals surface area contributed by atoms with Crippen LogP contribution in [0.15, 0.2) is 22.7 Å². The molecule has 0 saturated heterocycles. The zero-order valence-electron chi connectivity index (χ0n) is 8.32. The first-order valence-corrected chi connectivity index (χ1v) is 5.03. The van der Waals surface area contributed by atoms with Gasteiger partial charge in [-0.2, -0.15) is 5.26 Å². The number of nitrogens with zero attached hydrogens (tertiary/aromatic N) is 2. The van der Waals surface area contributed by atoms with Crippen LogP contribution in [0, 0.1) is 21.4 Å². The molecule has 0 N–H and O–H groups in total. The first-order valence-electron chi connectivity index (χ1n) is 4.24. The van der Waals surface area contributed by atoms with E-state index in [0.717, 1.165) is 0 Å². The lowest BCUT2D eigenvalue weighted by molar-refractivity contribution is -0.385. The summed E-state index contributed by atoms with van der Waals surface area (Å²) in [6.45, 7) is 3.44. The van der Waals surface area contributed by atoms with Gasteiger partial charge in [-0.1, -0.05) is 15.9 Å². The van der Waals surface area contributed by atoms with Gasteiger partial charge in [0, 0.05) is 16.6 Å². The SMILES string of the molecule is CC(C)(C#N)c1cc([N+](=O)[O-])ccc1Br. The van der Waals surface area contributed by atoms with Crippen molar-refractivity contribution in [2.24, 2.45) is 0 Å². The van der Waals surface area contributed by atoms with Crippen molar-refractivity contribution in [3.05, 3.63) is 38.3 Å². The fourth-order valence-corrected chi connectivity index (χ4v) is 1.91. The van der Waals surface area contributed by atoms with Crippen molar-refractivity contribution in [3.63, 3.8) is 0 Å². The maximum atomic E-state index is 10.6. The summed E-state index contributed by atoms with van der Waals surface area (Å²) in [5.41, 5.74) is -0.124. The molecule has 1 aromatic carbocycles. The number of nitro groups is 1. The van der Waals surface area contributed by atoms with Crippen molar-refractivity contribution in [1.82, 2.24) is 0 Å². The molecule has 0 saturated carbocycles. The lowest BCUT2D eigenvalue weighted by Gasteiger charge is -2.16. The minimum Gasteiger partial charge on any atom is -0.258 e. The monoisotopic (exact) mass is 268 g/mol. The number of rotatable bonds is 2. The third-order valence-electron chi connectivity index (χ3n) is 2.11. The van der Waals surface area contributed by atoms with Crippen LogP contribution in [0.3, 0.4) is 0 Å². The van der Waals surface area contributed by atoms with Crippen LogP contribution in [0.4, 0.5) is 5.69 Å². The second kappa shape index (κ2) is 3.99. The fraction of sp³-hybridized carbons (Fsp3) is 0.300. The highest BCUT2D eigenvalue weighted by molar-refractivity contribution is 9.10. The van der Waals surface area contributed by atoms with E-state index >= 15 is 0 Å². The largest absolute Gasteiger partial charge is 0.269 e. The Kier molecular flexibility index (Phi) is 3.10. The van der Waals surface area contributed by atoms with E-state index in [0.29, 0.717) is 10.0 Å². The van der Waals surface area contributed by atoms with Gasteiger partial charge >= 0.3 is 0 Å². The average molecular weight is 269 g/mol. The lowest BCUT2D eigenvalue weighted by Crippen LogP contribution is -2.14. The number of non-ortho nitro benzene ring substituents is 1. The van der Waals surface area contributed by atoms with E-state index in [2.05, 4.69) is 22.0 Å². The molecule has 1 aromatic rings. The van der Waals surface area contributed by atoms with Gasteiger partial charge in [-0.3, -0.25) is 10.1 Å². The molecule has 5 heteroatoms. The number of benzene rings is 1. The van der Waals surface area contributed by atoms with Gasteiger partial charge in [0.15, 0.2) is 0 Å². The molecule has 0 fully saturated rings. The predicted octanol–water partition coefficient (Wildman–Crippen LogP) is 3.16. The average Bonchev–Trinajstić information content (AvgIpc) is 2.17. The van der Waals surface area contributed by atoms with Crippen molar-refractivity contribution >= 4 is 21.6 Å². The summed E-state index contributed by atoms with van der Waals surface area (Å²) in [6, 6.07) is 6.53. The molecule has 0 aliphatic carbocycles. The Morgan fingerprint density at radius 2 is 2.13 bits per heavy atom. The van der Waals surface area contributed by atoms with E-state index < -0.39 is 10.3 Å². The molecule has 78 valence electrons. The lowest BCUT2D eigenvalue weighted by atomic mass is 9.86. The number of hydrogen-bond donors (Lipinski definition) is 0. The second-order valence-electron chi connectivity index (χ2n) is 3.66. The molecule has 15 heavy (non-hydrogen) atoms. The molecule has 0 heterocycles. The Hall–Kier alpha value is -1.41. The smallest absolute Gasteiger partial charge is 0.258 e. The first-order chi connectivity index (χ1) is 6.88. The molecule has 0 unspecified atom stereocenters. The molecular weight excluding hydrogens is 260 g/mol. The van der Waals surface area contributed by atoms with Gasteiger partial charge in [0.25, 0.3) is 5.69 Å². The summed E-state index contributed by atoms with van der Waals surface area (Å²) >= 11 is 3.28. The van der Waals surface area contributed by atoms with Crippen molar-refractivity contribution in [3.8, 4) is 6.07 Å². The number of hydrogen-bond acceptors (Lipinski definition) is 3. The molecule has 0 amide bonds. The summed E-state index contributed by atoms with van der Waals surface area (Å²) in [5.74, 6) is 0. The van der Waals surface area contributed by atoms with Crippen molar-refractivity contribution in [2.45, 2.75) is 19.3 Å². The zero-order chi connectivity index (χ0) is 11.6. The first kappa shape index (κ1) is 11.7. The van der Waals surface area contributed by atoms with Crippen LogP contribution in [0.1, 0.15) is 19.4 Å². The Labute approximate surface area is 95.8 Å². The van der Waals surface area contributed by atoms with Gasteiger partial charge in [0.2, 0.25) is 0 Å². The Bertz CT molecular complexity index is 449. The molecule has 0 radical (unpaired) electrons. The predicted molar refractivity (Wildman–Crippen MR) is 59.4 cm³/mol. The van der Waals surface area contributed by atoms with Crippen LogP contribution in [-0.2, 0) is 5.41 Å². The normalized spacial score (nSPS) is 10.8. The number of nitriles is 1. The van der Waals surface area contributed by atoms with E-state index in [1.54, 1.807) is 19.9 Å². The van der Waals surface area contributed by atoms with E-state index in [9.17, 15) is 10.1 Å². The van der Waals surface area contributed by atoms with Gasteiger partial charge in [0.1, 0.15) is 0 Å². The van der Waals surface area contributed by atoms with Crippen molar-refractivity contribution < 1.29 is 4.92 Å². The van der Waals surface area contributed by atoms with Crippen LogP contribution in [0.2, 0.25) is 0 Å². The third kappa shape index (κ3) is 2.34. The van der Waals surface area contributed by atoms with Crippen LogP contribution in [0.5, 0.6) is 0 Å². The van der Waals surface area contributed by atoms with E-state index in [4.69, 9.17) is 5.26 Å².